The lowest BCUT2D eigenvalue weighted by Gasteiger charge is -2.39. The van der Waals surface area contributed by atoms with Crippen LogP contribution in [-0.4, -0.2) is 59.1 Å². The lowest BCUT2D eigenvalue weighted by molar-refractivity contribution is -0.132. The molecule has 22 heavy (non-hydrogen) atoms. The first-order valence-electron chi connectivity index (χ1n) is 8.08. The van der Waals surface area contributed by atoms with Crippen molar-refractivity contribution in [1.82, 2.24) is 9.80 Å². The van der Waals surface area contributed by atoms with E-state index in [1.54, 1.807) is 12.1 Å². The lowest BCUT2D eigenvalue weighted by Crippen LogP contribution is -2.53. The van der Waals surface area contributed by atoms with Gasteiger partial charge in [0.1, 0.15) is 5.82 Å². The Morgan fingerprint density at radius 2 is 1.82 bits per heavy atom. The van der Waals surface area contributed by atoms with Crippen molar-refractivity contribution in [2.45, 2.75) is 37.8 Å². The number of rotatable bonds is 3. The Morgan fingerprint density at radius 3 is 2.41 bits per heavy atom. The Balaban J connectivity index is 1.50. The summed E-state index contributed by atoms with van der Waals surface area (Å²) < 4.78 is 12.9. The minimum Gasteiger partial charge on any atom is -0.391 e. The lowest BCUT2D eigenvalue weighted by atomic mass is 10.1. The molecule has 1 aromatic rings. The summed E-state index contributed by atoms with van der Waals surface area (Å²) in [5, 5.41) is 9.98. The van der Waals surface area contributed by atoms with Gasteiger partial charge >= 0.3 is 0 Å². The molecule has 0 unspecified atom stereocenters. The van der Waals surface area contributed by atoms with E-state index in [1.807, 2.05) is 4.90 Å². The number of amides is 1. The summed E-state index contributed by atoms with van der Waals surface area (Å²) >= 11 is 0. The molecule has 1 heterocycles. The van der Waals surface area contributed by atoms with Crippen molar-refractivity contribution in [3.63, 3.8) is 0 Å². The van der Waals surface area contributed by atoms with Crippen molar-refractivity contribution in [3.8, 4) is 0 Å². The SMILES string of the molecule is O=C(Cc1ccc(F)cc1)N1CCN([C@H]2CCC[C@H]2O)CC1. The maximum Gasteiger partial charge on any atom is 0.227 e. The summed E-state index contributed by atoms with van der Waals surface area (Å²) in [6.45, 7) is 3.08. The highest BCUT2D eigenvalue weighted by molar-refractivity contribution is 5.78. The van der Waals surface area contributed by atoms with E-state index in [9.17, 15) is 14.3 Å². The van der Waals surface area contributed by atoms with Crippen molar-refractivity contribution in [1.29, 1.82) is 0 Å². The number of carbonyl (C=O) groups excluding carboxylic acids is 1. The van der Waals surface area contributed by atoms with Gasteiger partial charge in [0.15, 0.2) is 0 Å². The van der Waals surface area contributed by atoms with Crippen LogP contribution >= 0.6 is 0 Å². The molecule has 0 aromatic heterocycles. The maximum atomic E-state index is 12.9. The van der Waals surface area contributed by atoms with Gasteiger partial charge in [-0.1, -0.05) is 12.1 Å². The van der Waals surface area contributed by atoms with E-state index in [0.717, 1.165) is 37.9 Å². The Labute approximate surface area is 130 Å². The Morgan fingerprint density at radius 1 is 1.14 bits per heavy atom. The van der Waals surface area contributed by atoms with Crippen LogP contribution in [0.2, 0.25) is 0 Å². The predicted molar refractivity (Wildman–Crippen MR) is 81.9 cm³/mol. The van der Waals surface area contributed by atoms with Crippen molar-refractivity contribution in [3.05, 3.63) is 35.6 Å². The van der Waals surface area contributed by atoms with Crippen LogP contribution in [0.1, 0.15) is 24.8 Å². The molecule has 2 aliphatic rings. The van der Waals surface area contributed by atoms with Crippen molar-refractivity contribution < 1.29 is 14.3 Å². The van der Waals surface area contributed by atoms with E-state index < -0.39 is 0 Å². The predicted octanol–water partition coefficient (Wildman–Crippen LogP) is 1.43. The van der Waals surface area contributed by atoms with E-state index in [-0.39, 0.29) is 23.9 Å². The summed E-state index contributed by atoms with van der Waals surface area (Å²) in [4.78, 5) is 16.5. The van der Waals surface area contributed by atoms with Gasteiger partial charge in [-0.25, -0.2) is 4.39 Å². The van der Waals surface area contributed by atoms with Gasteiger partial charge in [0.2, 0.25) is 5.91 Å². The largest absolute Gasteiger partial charge is 0.391 e. The average Bonchev–Trinajstić information content (AvgIpc) is 2.96. The second-order valence-corrected chi connectivity index (χ2v) is 6.29. The molecule has 0 radical (unpaired) electrons. The number of hydrogen-bond acceptors (Lipinski definition) is 3. The van der Waals surface area contributed by atoms with E-state index in [4.69, 9.17) is 0 Å². The topological polar surface area (TPSA) is 43.8 Å². The van der Waals surface area contributed by atoms with Gasteiger partial charge in [0, 0.05) is 32.2 Å². The number of nitrogens with zero attached hydrogens (tertiary/aromatic N) is 2. The van der Waals surface area contributed by atoms with Crippen LogP contribution in [0.15, 0.2) is 24.3 Å². The molecule has 2 atom stereocenters. The molecular formula is C17H23FN2O2. The quantitative estimate of drug-likeness (QED) is 0.919. The minimum absolute atomic E-state index is 0.0956. The van der Waals surface area contributed by atoms with Gasteiger partial charge < -0.3 is 10.0 Å². The van der Waals surface area contributed by atoms with Crippen LogP contribution in [0.5, 0.6) is 0 Å². The number of aliphatic hydroxyl groups excluding tert-OH is 1. The zero-order chi connectivity index (χ0) is 15.5. The molecule has 3 rings (SSSR count). The highest BCUT2D eigenvalue weighted by atomic mass is 19.1. The van der Waals surface area contributed by atoms with E-state index in [0.29, 0.717) is 19.5 Å². The van der Waals surface area contributed by atoms with Gasteiger partial charge in [-0.2, -0.15) is 0 Å². The normalized spacial score (nSPS) is 26.4. The molecule has 1 aromatic carbocycles. The second kappa shape index (κ2) is 6.75. The molecule has 1 aliphatic heterocycles. The molecule has 120 valence electrons. The fourth-order valence-electron chi connectivity index (χ4n) is 3.54. The third-order valence-electron chi connectivity index (χ3n) is 4.85. The number of piperazine rings is 1. The summed E-state index contributed by atoms with van der Waals surface area (Å²) in [5.74, 6) is -0.182. The first kappa shape index (κ1) is 15.4. The smallest absolute Gasteiger partial charge is 0.227 e. The zero-order valence-corrected chi connectivity index (χ0v) is 12.7. The third kappa shape index (κ3) is 3.47. The fourth-order valence-corrected chi connectivity index (χ4v) is 3.54. The number of aliphatic hydroxyl groups is 1. The number of hydrogen-bond donors (Lipinski definition) is 1. The van der Waals surface area contributed by atoms with E-state index in [2.05, 4.69) is 4.90 Å². The first-order valence-corrected chi connectivity index (χ1v) is 8.08. The summed E-state index contributed by atoms with van der Waals surface area (Å²) in [5.41, 5.74) is 0.847. The van der Waals surface area contributed by atoms with E-state index >= 15 is 0 Å². The van der Waals surface area contributed by atoms with Crippen LogP contribution in [0.4, 0.5) is 4.39 Å². The molecule has 1 N–H and O–H groups in total. The number of carbonyl (C=O) groups is 1. The van der Waals surface area contributed by atoms with Crippen LogP contribution in [-0.2, 0) is 11.2 Å². The molecular weight excluding hydrogens is 283 g/mol. The van der Waals surface area contributed by atoms with Crippen molar-refractivity contribution in [2.75, 3.05) is 26.2 Å². The molecule has 1 amide bonds. The van der Waals surface area contributed by atoms with Crippen molar-refractivity contribution in [2.24, 2.45) is 0 Å². The zero-order valence-electron chi connectivity index (χ0n) is 12.7. The van der Waals surface area contributed by atoms with Gasteiger partial charge in [-0.3, -0.25) is 9.69 Å². The highest BCUT2D eigenvalue weighted by Gasteiger charge is 2.33. The van der Waals surface area contributed by atoms with Crippen LogP contribution in [0, 0.1) is 5.82 Å². The van der Waals surface area contributed by atoms with Gasteiger partial charge in [0.25, 0.3) is 0 Å². The van der Waals surface area contributed by atoms with Crippen LogP contribution < -0.4 is 0 Å². The highest BCUT2D eigenvalue weighted by Crippen LogP contribution is 2.25. The summed E-state index contributed by atoms with van der Waals surface area (Å²) in [6.07, 6.45) is 3.17. The summed E-state index contributed by atoms with van der Waals surface area (Å²) in [7, 11) is 0. The molecule has 0 spiro atoms. The average molecular weight is 306 g/mol. The van der Waals surface area contributed by atoms with Crippen LogP contribution in [0.25, 0.3) is 0 Å². The standard InChI is InChI=1S/C17H23FN2O2/c18-14-6-4-13(5-7-14)12-17(22)20-10-8-19(9-11-20)15-2-1-3-16(15)21/h4-7,15-16,21H,1-3,8-12H2/t15-,16+/m0/s1. The molecule has 4 nitrogen and oxygen atoms in total. The maximum absolute atomic E-state index is 12.9. The Kier molecular flexibility index (Phi) is 4.74. The summed E-state index contributed by atoms with van der Waals surface area (Å²) in [6, 6.07) is 6.38. The number of benzene rings is 1. The molecule has 5 heteroatoms. The van der Waals surface area contributed by atoms with Crippen LogP contribution in [0.3, 0.4) is 0 Å². The molecule has 2 fully saturated rings. The Hall–Kier alpha value is -1.46. The molecule has 1 saturated carbocycles. The minimum atomic E-state index is -0.278. The first-order chi connectivity index (χ1) is 10.6. The fraction of sp³-hybridized carbons (Fsp3) is 0.588. The van der Waals surface area contributed by atoms with E-state index in [1.165, 1.54) is 12.1 Å². The molecule has 1 aliphatic carbocycles. The van der Waals surface area contributed by atoms with Gasteiger partial charge in [0.05, 0.1) is 12.5 Å². The van der Waals surface area contributed by atoms with Crippen molar-refractivity contribution >= 4 is 5.91 Å². The van der Waals surface area contributed by atoms with Gasteiger partial charge in [-0.05, 0) is 37.0 Å². The third-order valence-corrected chi connectivity index (χ3v) is 4.85. The molecule has 0 bridgehead atoms. The van der Waals surface area contributed by atoms with Gasteiger partial charge in [-0.15, -0.1) is 0 Å². The monoisotopic (exact) mass is 306 g/mol. The number of halogens is 1. The Bertz CT molecular complexity index is 512. The second-order valence-electron chi connectivity index (χ2n) is 6.29. The molecule has 1 saturated heterocycles.